The molecule has 1 rings (SSSR count). The quantitative estimate of drug-likeness (QED) is 0.665. The molecule has 1 atom stereocenters. The summed E-state index contributed by atoms with van der Waals surface area (Å²) in [6.45, 7) is 8.57. The van der Waals surface area contributed by atoms with E-state index in [1.807, 2.05) is 33.8 Å². The number of amides is 1. The van der Waals surface area contributed by atoms with Crippen LogP contribution < -0.4 is 10.6 Å². The third kappa shape index (κ3) is 6.66. The van der Waals surface area contributed by atoms with Crippen LogP contribution in [0.4, 0.5) is 4.79 Å². The number of ether oxygens (including phenoxy) is 1. The number of halogens is 1. The predicted molar refractivity (Wildman–Crippen MR) is 91.1 cm³/mol. The van der Waals surface area contributed by atoms with Crippen molar-refractivity contribution in [3.8, 4) is 5.75 Å². The zero-order valence-electron chi connectivity index (χ0n) is 13.6. The van der Waals surface area contributed by atoms with Crippen LogP contribution in [0.1, 0.15) is 45.7 Å². The minimum Gasteiger partial charge on any atom is -0.508 e. The molecule has 124 valence electrons. The molecule has 0 aliphatic carbocycles. The number of phenols is 1. The fraction of sp³-hybridized carbons (Fsp3) is 0.562. The molecule has 0 aliphatic heterocycles. The molecular formula is C16H25BrN2O3. The lowest BCUT2D eigenvalue weighted by molar-refractivity contribution is 0.0528. The molecule has 0 saturated carbocycles. The first-order chi connectivity index (χ1) is 10.2. The molecule has 6 heteroatoms. The van der Waals surface area contributed by atoms with Crippen molar-refractivity contribution < 1.29 is 14.6 Å². The van der Waals surface area contributed by atoms with Crippen LogP contribution in [-0.2, 0) is 4.74 Å². The standard InChI is InChI=1S/C16H25BrN2O3/c1-5-13(12-10-11(17)6-7-14(12)20)18-8-9-19-15(21)22-16(2,3)4/h6-7,10,13,18,20H,5,8-9H2,1-4H3,(H,19,21). The third-order valence-electron chi connectivity index (χ3n) is 2.96. The highest BCUT2D eigenvalue weighted by Gasteiger charge is 2.16. The number of carbonyl (C=O) groups is 1. The highest BCUT2D eigenvalue weighted by atomic mass is 79.9. The van der Waals surface area contributed by atoms with Crippen LogP contribution >= 0.6 is 15.9 Å². The van der Waals surface area contributed by atoms with Gasteiger partial charge in [0, 0.05) is 29.2 Å². The third-order valence-corrected chi connectivity index (χ3v) is 3.45. The molecule has 0 aromatic heterocycles. The Bertz CT molecular complexity index is 501. The molecule has 0 spiro atoms. The lowest BCUT2D eigenvalue weighted by Gasteiger charge is -2.21. The lowest BCUT2D eigenvalue weighted by atomic mass is 10.0. The van der Waals surface area contributed by atoms with Gasteiger partial charge >= 0.3 is 6.09 Å². The zero-order chi connectivity index (χ0) is 16.8. The highest BCUT2D eigenvalue weighted by Crippen LogP contribution is 2.29. The second-order valence-electron chi connectivity index (χ2n) is 6.05. The summed E-state index contributed by atoms with van der Waals surface area (Å²) in [6.07, 6.45) is 0.406. The maximum Gasteiger partial charge on any atom is 0.407 e. The van der Waals surface area contributed by atoms with E-state index in [4.69, 9.17) is 4.74 Å². The number of aromatic hydroxyl groups is 1. The van der Waals surface area contributed by atoms with Crippen molar-refractivity contribution >= 4 is 22.0 Å². The highest BCUT2D eigenvalue weighted by molar-refractivity contribution is 9.10. The first kappa shape index (κ1) is 18.8. The topological polar surface area (TPSA) is 70.6 Å². The molecule has 0 bridgehead atoms. The van der Waals surface area contributed by atoms with Gasteiger partial charge in [-0.1, -0.05) is 22.9 Å². The van der Waals surface area contributed by atoms with Crippen molar-refractivity contribution in [2.45, 2.75) is 45.8 Å². The van der Waals surface area contributed by atoms with E-state index in [1.54, 1.807) is 12.1 Å². The molecule has 1 amide bonds. The molecule has 22 heavy (non-hydrogen) atoms. The van der Waals surface area contributed by atoms with Gasteiger partial charge in [-0.3, -0.25) is 0 Å². The van der Waals surface area contributed by atoms with Gasteiger partial charge in [0.2, 0.25) is 0 Å². The number of hydrogen-bond acceptors (Lipinski definition) is 4. The van der Waals surface area contributed by atoms with E-state index >= 15 is 0 Å². The van der Waals surface area contributed by atoms with Crippen LogP contribution in [0.3, 0.4) is 0 Å². The summed E-state index contributed by atoms with van der Waals surface area (Å²) in [7, 11) is 0. The van der Waals surface area contributed by atoms with E-state index in [0.717, 1.165) is 16.5 Å². The van der Waals surface area contributed by atoms with E-state index < -0.39 is 11.7 Å². The maximum atomic E-state index is 11.5. The second-order valence-corrected chi connectivity index (χ2v) is 6.96. The number of nitrogens with one attached hydrogen (secondary N) is 2. The van der Waals surface area contributed by atoms with Gasteiger partial charge in [0.25, 0.3) is 0 Å². The number of rotatable bonds is 6. The predicted octanol–water partition coefficient (Wildman–Crippen LogP) is 3.72. The summed E-state index contributed by atoms with van der Waals surface area (Å²) in [4.78, 5) is 11.5. The SMILES string of the molecule is CCC(NCCNC(=O)OC(C)(C)C)c1cc(Br)ccc1O. The maximum absolute atomic E-state index is 11.5. The van der Waals surface area contributed by atoms with Crippen LogP contribution in [0.5, 0.6) is 5.75 Å². The largest absolute Gasteiger partial charge is 0.508 e. The van der Waals surface area contributed by atoms with Crippen LogP contribution in [0.15, 0.2) is 22.7 Å². The summed E-state index contributed by atoms with van der Waals surface area (Å²) in [5, 5.41) is 16.0. The number of alkyl carbamates (subject to hydrolysis) is 1. The first-order valence-electron chi connectivity index (χ1n) is 7.41. The van der Waals surface area contributed by atoms with Crippen molar-refractivity contribution in [3.63, 3.8) is 0 Å². The van der Waals surface area contributed by atoms with E-state index in [0.29, 0.717) is 13.1 Å². The van der Waals surface area contributed by atoms with E-state index in [9.17, 15) is 9.90 Å². The summed E-state index contributed by atoms with van der Waals surface area (Å²) in [5.74, 6) is 0.266. The van der Waals surface area contributed by atoms with E-state index in [2.05, 4.69) is 26.6 Å². The van der Waals surface area contributed by atoms with Crippen LogP contribution in [-0.4, -0.2) is 29.9 Å². The Balaban J connectivity index is 2.45. The number of benzene rings is 1. The summed E-state index contributed by atoms with van der Waals surface area (Å²) in [6, 6.07) is 5.40. The van der Waals surface area contributed by atoms with E-state index in [1.165, 1.54) is 0 Å². The van der Waals surface area contributed by atoms with Gasteiger partial charge in [0.05, 0.1) is 0 Å². The monoisotopic (exact) mass is 372 g/mol. The van der Waals surface area contributed by atoms with Crippen molar-refractivity contribution in [1.29, 1.82) is 0 Å². The Hall–Kier alpha value is -1.27. The summed E-state index contributed by atoms with van der Waals surface area (Å²) >= 11 is 3.41. The van der Waals surface area contributed by atoms with Gasteiger partial charge in [0.15, 0.2) is 0 Å². The van der Waals surface area contributed by atoms with Gasteiger partial charge in [-0.05, 0) is 45.4 Å². The molecule has 1 unspecified atom stereocenters. The average molecular weight is 373 g/mol. The van der Waals surface area contributed by atoms with Gasteiger partial charge in [-0.25, -0.2) is 4.79 Å². The first-order valence-corrected chi connectivity index (χ1v) is 8.21. The Morgan fingerprint density at radius 2 is 2.05 bits per heavy atom. The summed E-state index contributed by atoms with van der Waals surface area (Å²) < 4.78 is 6.09. The molecule has 0 fully saturated rings. The minimum atomic E-state index is -0.494. The Morgan fingerprint density at radius 1 is 1.36 bits per heavy atom. The van der Waals surface area contributed by atoms with Crippen molar-refractivity contribution in [2.75, 3.05) is 13.1 Å². The molecular weight excluding hydrogens is 348 g/mol. The van der Waals surface area contributed by atoms with Crippen molar-refractivity contribution in [1.82, 2.24) is 10.6 Å². The van der Waals surface area contributed by atoms with Crippen LogP contribution in [0.2, 0.25) is 0 Å². The smallest absolute Gasteiger partial charge is 0.407 e. The molecule has 1 aromatic rings. The Kier molecular flexibility index (Phi) is 7.16. The minimum absolute atomic E-state index is 0.0259. The molecule has 5 nitrogen and oxygen atoms in total. The van der Waals surface area contributed by atoms with Crippen LogP contribution in [0, 0.1) is 0 Å². The normalized spacial score (nSPS) is 12.8. The molecule has 0 heterocycles. The Morgan fingerprint density at radius 3 is 2.64 bits per heavy atom. The Labute approximate surface area is 140 Å². The molecule has 3 N–H and O–H groups in total. The molecule has 0 saturated heterocycles. The number of hydrogen-bond donors (Lipinski definition) is 3. The van der Waals surface area contributed by atoms with Crippen LogP contribution in [0.25, 0.3) is 0 Å². The number of carbonyl (C=O) groups excluding carboxylic acids is 1. The second kappa shape index (κ2) is 8.39. The lowest BCUT2D eigenvalue weighted by Crippen LogP contribution is -2.37. The van der Waals surface area contributed by atoms with Crippen molar-refractivity contribution in [2.24, 2.45) is 0 Å². The van der Waals surface area contributed by atoms with Gasteiger partial charge in [-0.2, -0.15) is 0 Å². The van der Waals surface area contributed by atoms with E-state index in [-0.39, 0.29) is 11.8 Å². The van der Waals surface area contributed by atoms with Gasteiger partial charge < -0.3 is 20.5 Å². The van der Waals surface area contributed by atoms with Gasteiger partial charge in [-0.15, -0.1) is 0 Å². The molecule has 1 aromatic carbocycles. The fourth-order valence-electron chi connectivity index (χ4n) is 2.00. The average Bonchev–Trinajstić information content (AvgIpc) is 2.40. The number of phenolic OH excluding ortho intramolecular Hbond substituents is 1. The summed E-state index contributed by atoms with van der Waals surface area (Å²) in [5.41, 5.74) is 0.347. The fourth-order valence-corrected chi connectivity index (χ4v) is 2.38. The van der Waals surface area contributed by atoms with Crippen molar-refractivity contribution in [3.05, 3.63) is 28.2 Å². The zero-order valence-corrected chi connectivity index (χ0v) is 15.2. The molecule has 0 radical (unpaired) electrons. The van der Waals surface area contributed by atoms with Gasteiger partial charge in [0.1, 0.15) is 11.4 Å². The molecule has 0 aliphatic rings.